The number of hydrogen-bond donors (Lipinski definition) is 2. The van der Waals surface area contributed by atoms with Gasteiger partial charge in [-0.25, -0.2) is 4.98 Å². The summed E-state index contributed by atoms with van der Waals surface area (Å²) in [6.07, 6.45) is 2.00. The zero-order valence-corrected chi connectivity index (χ0v) is 12.8. The zero-order valence-electron chi connectivity index (χ0n) is 11.2. The minimum Gasteiger partial charge on any atom is -0.341 e. The molecule has 3 N–H and O–H groups in total. The Bertz CT molecular complexity index is 547. The fourth-order valence-electron chi connectivity index (χ4n) is 2.47. The maximum Gasteiger partial charge on any atom is 0.114 e. The van der Waals surface area contributed by atoms with Crippen LogP contribution in [-0.2, 0) is 5.41 Å². The van der Waals surface area contributed by atoms with E-state index in [1.54, 1.807) is 0 Å². The highest BCUT2D eigenvalue weighted by molar-refractivity contribution is 9.10. The third-order valence-electron chi connectivity index (χ3n) is 3.99. The summed E-state index contributed by atoms with van der Waals surface area (Å²) in [5.41, 5.74) is 9.26. The first kappa shape index (κ1) is 13.6. The predicted molar refractivity (Wildman–Crippen MR) is 79.8 cm³/mol. The van der Waals surface area contributed by atoms with Gasteiger partial charge in [-0.2, -0.15) is 0 Å². The number of aryl methyl sites for hydroxylation is 1. The van der Waals surface area contributed by atoms with E-state index >= 15 is 0 Å². The summed E-state index contributed by atoms with van der Waals surface area (Å²) in [5, 5.41) is 0. The van der Waals surface area contributed by atoms with E-state index in [2.05, 4.69) is 53.8 Å². The van der Waals surface area contributed by atoms with Crippen LogP contribution in [0.2, 0.25) is 0 Å². The lowest BCUT2D eigenvalue weighted by Crippen LogP contribution is -2.35. The maximum absolute atomic E-state index is 5.98. The molecule has 1 heterocycles. The van der Waals surface area contributed by atoms with Gasteiger partial charge in [0.15, 0.2) is 0 Å². The number of hydrogen-bond acceptors (Lipinski definition) is 2. The molecule has 2 rings (SSSR count). The van der Waals surface area contributed by atoms with Crippen molar-refractivity contribution in [2.45, 2.75) is 39.0 Å². The summed E-state index contributed by atoms with van der Waals surface area (Å²) in [6.45, 7) is 7.05. The molecule has 0 spiro atoms. The Balaban J connectivity index is 2.63. The van der Waals surface area contributed by atoms with Gasteiger partial charge in [-0.1, -0.05) is 29.8 Å². The van der Waals surface area contributed by atoms with E-state index in [0.717, 1.165) is 34.2 Å². The van der Waals surface area contributed by atoms with Gasteiger partial charge in [0.1, 0.15) is 5.82 Å². The van der Waals surface area contributed by atoms with Gasteiger partial charge in [0, 0.05) is 16.4 Å². The topological polar surface area (TPSA) is 54.7 Å². The second kappa shape index (κ2) is 5.02. The van der Waals surface area contributed by atoms with E-state index in [4.69, 9.17) is 10.7 Å². The number of nitrogens with two attached hydrogens (primary N) is 1. The third-order valence-corrected chi connectivity index (χ3v) is 4.45. The standard InChI is InChI=1S/C14H20BrN3/c1-4-14(5-2,8-16)13-17-11-7-10(15)6-9(3)12(11)18-13/h6-7H,4-5,8,16H2,1-3H3,(H,17,18). The van der Waals surface area contributed by atoms with Gasteiger partial charge in [0.05, 0.1) is 11.0 Å². The van der Waals surface area contributed by atoms with Gasteiger partial charge in [-0.05, 0) is 37.5 Å². The number of nitrogens with one attached hydrogen (secondary N) is 1. The Hall–Kier alpha value is -0.870. The SMILES string of the molecule is CCC(CC)(CN)c1nc2c(C)cc(Br)cc2[nH]1. The van der Waals surface area contributed by atoms with Crippen molar-refractivity contribution in [3.8, 4) is 0 Å². The maximum atomic E-state index is 5.98. The van der Waals surface area contributed by atoms with Crippen LogP contribution in [0.1, 0.15) is 38.1 Å². The van der Waals surface area contributed by atoms with Gasteiger partial charge < -0.3 is 10.7 Å². The monoisotopic (exact) mass is 309 g/mol. The normalized spacial score (nSPS) is 12.3. The third kappa shape index (κ3) is 2.08. The quantitative estimate of drug-likeness (QED) is 0.905. The summed E-state index contributed by atoms with van der Waals surface area (Å²) in [4.78, 5) is 8.23. The molecule has 4 heteroatoms. The highest BCUT2D eigenvalue weighted by Crippen LogP contribution is 2.31. The molecule has 98 valence electrons. The molecule has 0 bridgehead atoms. The van der Waals surface area contributed by atoms with Crippen LogP contribution in [0.4, 0.5) is 0 Å². The molecule has 0 radical (unpaired) electrons. The first-order valence-corrected chi connectivity index (χ1v) is 7.22. The van der Waals surface area contributed by atoms with Crippen molar-refractivity contribution in [2.24, 2.45) is 5.73 Å². The summed E-state index contributed by atoms with van der Waals surface area (Å²) in [6, 6.07) is 4.17. The summed E-state index contributed by atoms with van der Waals surface area (Å²) >= 11 is 3.52. The van der Waals surface area contributed by atoms with Crippen LogP contribution in [-0.4, -0.2) is 16.5 Å². The van der Waals surface area contributed by atoms with Crippen molar-refractivity contribution in [3.05, 3.63) is 28.0 Å². The van der Waals surface area contributed by atoms with Gasteiger partial charge in [-0.3, -0.25) is 0 Å². The van der Waals surface area contributed by atoms with Crippen molar-refractivity contribution in [1.29, 1.82) is 0 Å². The minimum absolute atomic E-state index is 0.0298. The van der Waals surface area contributed by atoms with Crippen LogP contribution in [0.25, 0.3) is 11.0 Å². The van der Waals surface area contributed by atoms with Crippen LogP contribution in [0.3, 0.4) is 0 Å². The molecule has 0 saturated carbocycles. The molecule has 0 amide bonds. The van der Waals surface area contributed by atoms with Crippen LogP contribution in [0.15, 0.2) is 16.6 Å². The number of aromatic amines is 1. The number of benzene rings is 1. The molecule has 1 aromatic carbocycles. The van der Waals surface area contributed by atoms with Crippen LogP contribution < -0.4 is 5.73 Å². The summed E-state index contributed by atoms with van der Waals surface area (Å²) in [5.74, 6) is 1.02. The van der Waals surface area contributed by atoms with Crippen LogP contribution in [0, 0.1) is 6.92 Å². The second-order valence-corrected chi connectivity index (χ2v) is 5.81. The Kier molecular flexibility index (Phi) is 3.78. The Labute approximate surface area is 116 Å². The molecule has 18 heavy (non-hydrogen) atoms. The minimum atomic E-state index is -0.0298. The number of halogens is 1. The average molecular weight is 310 g/mol. The lowest BCUT2D eigenvalue weighted by molar-refractivity contribution is 0.387. The van der Waals surface area contributed by atoms with Crippen LogP contribution >= 0.6 is 15.9 Å². The number of nitrogens with zero attached hydrogens (tertiary/aromatic N) is 1. The second-order valence-electron chi connectivity index (χ2n) is 4.90. The smallest absolute Gasteiger partial charge is 0.114 e. The highest BCUT2D eigenvalue weighted by atomic mass is 79.9. The molecule has 0 fully saturated rings. The zero-order chi connectivity index (χ0) is 13.3. The molecular formula is C14H20BrN3. The molecule has 0 atom stereocenters. The van der Waals surface area contributed by atoms with Crippen molar-refractivity contribution in [3.63, 3.8) is 0 Å². The summed E-state index contributed by atoms with van der Waals surface area (Å²) in [7, 11) is 0. The fourth-order valence-corrected chi connectivity index (χ4v) is 3.04. The molecule has 0 aliphatic heterocycles. The van der Waals surface area contributed by atoms with Gasteiger partial charge >= 0.3 is 0 Å². The average Bonchev–Trinajstić information content (AvgIpc) is 2.77. The molecule has 0 unspecified atom stereocenters. The Morgan fingerprint density at radius 1 is 1.33 bits per heavy atom. The molecule has 0 aliphatic rings. The van der Waals surface area contributed by atoms with E-state index in [1.807, 2.05) is 0 Å². The van der Waals surface area contributed by atoms with E-state index < -0.39 is 0 Å². The Morgan fingerprint density at radius 3 is 2.56 bits per heavy atom. The van der Waals surface area contributed by atoms with Crippen LogP contribution in [0.5, 0.6) is 0 Å². The number of H-pyrrole nitrogens is 1. The fraction of sp³-hybridized carbons (Fsp3) is 0.500. The van der Waals surface area contributed by atoms with E-state index in [0.29, 0.717) is 6.54 Å². The molecule has 1 aromatic heterocycles. The van der Waals surface area contributed by atoms with Gasteiger partial charge in [-0.15, -0.1) is 0 Å². The first-order valence-electron chi connectivity index (χ1n) is 6.42. The number of fused-ring (bicyclic) bond motifs is 1. The number of rotatable bonds is 4. The lowest BCUT2D eigenvalue weighted by Gasteiger charge is -2.27. The van der Waals surface area contributed by atoms with Crippen molar-refractivity contribution in [2.75, 3.05) is 6.54 Å². The summed E-state index contributed by atoms with van der Waals surface area (Å²) < 4.78 is 1.08. The molecular weight excluding hydrogens is 290 g/mol. The molecule has 0 saturated heterocycles. The van der Waals surface area contributed by atoms with Crippen molar-refractivity contribution >= 4 is 27.0 Å². The van der Waals surface area contributed by atoms with E-state index in [1.165, 1.54) is 5.56 Å². The van der Waals surface area contributed by atoms with Crippen molar-refractivity contribution < 1.29 is 0 Å². The number of aromatic nitrogens is 2. The molecule has 2 aromatic rings. The number of imidazole rings is 1. The lowest BCUT2D eigenvalue weighted by atomic mass is 9.82. The Morgan fingerprint density at radius 2 is 2.00 bits per heavy atom. The molecule has 0 aliphatic carbocycles. The van der Waals surface area contributed by atoms with E-state index in [9.17, 15) is 0 Å². The predicted octanol–water partition coefficient (Wildman–Crippen LogP) is 3.65. The van der Waals surface area contributed by atoms with Crippen molar-refractivity contribution in [1.82, 2.24) is 9.97 Å². The van der Waals surface area contributed by atoms with Gasteiger partial charge in [0.25, 0.3) is 0 Å². The molecule has 3 nitrogen and oxygen atoms in total. The highest BCUT2D eigenvalue weighted by Gasteiger charge is 2.30. The van der Waals surface area contributed by atoms with E-state index in [-0.39, 0.29) is 5.41 Å². The largest absolute Gasteiger partial charge is 0.341 e. The first-order chi connectivity index (χ1) is 8.56. The van der Waals surface area contributed by atoms with Gasteiger partial charge in [0.2, 0.25) is 0 Å².